The van der Waals surface area contributed by atoms with Crippen molar-refractivity contribution in [2.75, 3.05) is 32.5 Å². The van der Waals surface area contributed by atoms with Crippen molar-refractivity contribution in [1.29, 1.82) is 0 Å². The Morgan fingerprint density at radius 3 is 2.38 bits per heavy atom. The van der Waals surface area contributed by atoms with Gasteiger partial charge in [0.05, 0.1) is 18.6 Å². The molecule has 1 aromatic rings. The van der Waals surface area contributed by atoms with E-state index < -0.39 is 9.84 Å². The van der Waals surface area contributed by atoms with Gasteiger partial charge in [-0.05, 0) is 56.6 Å². The van der Waals surface area contributed by atoms with Crippen molar-refractivity contribution in [2.24, 2.45) is 0 Å². The Morgan fingerprint density at radius 2 is 1.76 bits per heavy atom. The number of piperidine rings is 1. The predicted octanol–water partition coefficient (Wildman–Crippen LogP) is 2.49. The monoisotopic (exact) mass is 311 g/mol. The van der Waals surface area contributed by atoms with Crippen molar-refractivity contribution >= 4 is 9.84 Å². The van der Waals surface area contributed by atoms with Gasteiger partial charge in [0.25, 0.3) is 0 Å². The molecular formula is C16H25NO3S. The molecule has 118 valence electrons. The van der Waals surface area contributed by atoms with Crippen LogP contribution in [0.2, 0.25) is 0 Å². The molecule has 1 aliphatic rings. The Balaban J connectivity index is 1.77. The molecule has 0 bridgehead atoms. The summed E-state index contributed by atoms with van der Waals surface area (Å²) in [4.78, 5) is 2.38. The molecule has 2 rings (SSSR count). The molecule has 4 nitrogen and oxygen atoms in total. The molecule has 0 amide bonds. The van der Waals surface area contributed by atoms with Gasteiger partial charge in [0.2, 0.25) is 0 Å². The number of hydrogen-bond acceptors (Lipinski definition) is 4. The highest BCUT2D eigenvalue weighted by atomic mass is 32.2. The first-order chi connectivity index (χ1) is 10.1. The van der Waals surface area contributed by atoms with E-state index in [4.69, 9.17) is 4.74 Å². The molecule has 5 heteroatoms. The van der Waals surface area contributed by atoms with Crippen LogP contribution < -0.4 is 4.74 Å². The molecular weight excluding hydrogens is 286 g/mol. The fourth-order valence-corrected chi connectivity index (χ4v) is 4.15. The standard InChI is InChI=1S/C16H25NO3S/c1-20-16-8-6-15(7-9-16)14-21(18,19)13-5-12-17-10-3-2-4-11-17/h6-9H,2-5,10-14H2,1H3. The lowest BCUT2D eigenvalue weighted by Gasteiger charge is -2.26. The molecule has 1 saturated heterocycles. The first-order valence-corrected chi connectivity index (χ1v) is 9.47. The largest absolute Gasteiger partial charge is 0.497 e. The molecule has 1 heterocycles. The minimum atomic E-state index is -3.02. The van der Waals surface area contributed by atoms with Gasteiger partial charge in [-0.3, -0.25) is 0 Å². The van der Waals surface area contributed by atoms with E-state index in [0.717, 1.165) is 37.4 Å². The van der Waals surface area contributed by atoms with Gasteiger partial charge in [-0.1, -0.05) is 18.6 Å². The van der Waals surface area contributed by atoms with Gasteiger partial charge in [0, 0.05) is 0 Å². The Kier molecular flexibility index (Phi) is 6.06. The molecule has 0 atom stereocenters. The number of hydrogen-bond donors (Lipinski definition) is 0. The van der Waals surface area contributed by atoms with Crippen molar-refractivity contribution in [3.05, 3.63) is 29.8 Å². The Hall–Kier alpha value is -1.07. The van der Waals surface area contributed by atoms with E-state index in [1.807, 2.05) is 12.1 Å². The zero-order valence-electron chi connectivity index (χ0n) is 12.8. The van der Waals surface area contributed by atoms with Gasteiger partial charge < -0.3 is 9.64 Å². The summed E-state index contributed by atoms with van der Waals surface area (Å²) >= 11 is 0. The second kappa shape index (κ2) is 7.80. The highest BCUT2D eigenvalue weighted by Gasteiger charge is 2.14. The summed E-state index contributed by atoms with van der Waals surface area (Å²) < 4.78 is 29.4. The second-order valence-corrected chi connectivity index (χ2v) is 7.88. The number of benzene rings is 1. The van der Waals surface area contributed by atoms with Gasteiger partial charge in [-0.15, -0.1) is 0 Å². The summed E-state index contributed by atoms with van der Waals surface area (Å²) in [5.74, 6) is 1.15. The van der Waals surface area contributed by atoms with Gasteiger partial charge in [-0.2, -0.15) is 0 Å². The quantitative estimate of drug-likeness (QED) is 0.776. The summed E-state index contributed by atoms with van der Waals surface area (Å²) in [6, 6.07) is 7.25. The van der Waals surface area contributed by atoms with Crippen molar-refractivity contribution in [1.82, 2.24) is 4.90 Å². The molecule has 1 aromatic carbocycles. The average molecular weight is 311 g/mol. The second-order valence-electron chi connectivity index (χ2n) is 5.70. The maximum absolute atomic E-state index is 12.1. The third-order valence-corrected chi connectivity index (χ3v) is 5.61. The van der Waals surface area contributed by atoms with Crippen molar-refractivity contribution < 1.29 is 13.2 Å². The summed E-state index contributed by atoms with van der Waals surface area (Å²) in [6.45, 7) is 3.15. The van der Waals surface area contributed by atoms with Crippen molar-refractivity contribution in [3.63, 3.8) is 0 Å². The molecule has 21 heavy (non-hydrogen) atoms. The fraction of sp³-hybridized carbons (Fsp3) is 0.625. The van der Waals surface area contributed by atoms with Crippen molar-refractivity contribution in [2.45, 2.75) is 31.4 Å². The number of methoxy groups -OCH3 is 1. The number of ether oxygens (including phenoxy) is 1. The Morgan fingerprint density at radius 1 is 1.10 bits per heavy atom. The van der Waals surface area contributed by atoms with E-state index in [1.54, 1.807) is 19.2 Å². The van der Waals surface area contributed by atoms with Crippen LogP contribution in [0.5, 0.6) is 5.75 Å². The summed E-state index contributed by atoms with van der Waals surface area (Å²) in [6.07, 6.45) is 4.54. The summed E-state index contributed by atoms with van der Waals surface area (Å²) in [5, 5.41) is 0. The maximum Gasteiger partial charge on any atom is 0.154 e. The minimum Gasteiger partial charge on any atom is -0.497 e. The minimum absolute atomic E-state index is 0.122. The Bertz CT molecular complexity index is 519. The van der Waals surface area contributed by atoms with Gasteiger partial charge >= 0.3 is 0 Å². The molecule has 0 N–H and O–H groups in total. The van der Waals surface area contributed by atoms with E-state index in [2.05, 4.69) is 4.90 Å². The van der Waals surface area contributed by atoms with E-state index in [9.17, 15) is 8.42 Å². The molecule has 0 aromatic heterocycles. The number of likely N-dealkylation sites (tertiary alicyclic amines) is 1. The Labute approximate surface area is 128 Å². The SMILES string of the molecule is COc1ccc(CS(=O)(=O)CCCN2CCCCC2)cc1. The highest BCUT2D eigenvalue weighted by Crippen LogP contribution is 2.15. The van der Waals surface area contributed by atoms with E-state index in [-0.39, 0.29) is 11.5 Å². The molecule has 0 unspecified atom stereocenters. The van der Waals surface area contributed by atoms with Crippen LogP contribution in [-0.4, -0.2) is 45.8 Å². The number of sulfone groups is 1. The third-order valence-electron chi connectivity index (χ3n) is 3.92. The molecule has 0 spiro atoms. The van der Waals surface area contributed by atoms with Crippen LogP contribution in [0.3, 0.4) is 0 Å². The fourth-order valence-electron chi connectivity index (χ4n) is 2.74. The van der Waals surface area contributed by atoms with Crippen LogP contribution in [0.15, 0.2) is 24.3 Å². The molecule has 0 saturated carbocycles. The van der Waals surface area contributed by atoms with E-state index in [1.165, 1.54) is 19.3 Å². The molecule has 0 aliphatic carbocycles. The van der Waals surface area contributed by atoms with Crippen molar-refractivity contribution in [3.8, 4) is 5.75 Å². The van der Waals surface area contributed by atoms with Gasteiger partial charge in [-0.25, -0.2) is 8.42 Å². The summed E-state index contributed by atoms with van der Waals surface area (Å²) in [7, 11) is -1.42. The first-order valence-electron chi connectivity index (χ1n) is 7.65. The topological polar surface area (TPSA) is 46.6 Å². The molecule has 1 aliphatic heterocycles. The molecule has 0 radical (unpaired) electrons. The number of nitrogens with zero attached hydrogens (tertiary/aromatic N) is 1. The predicted molar refractivity (Wildman–Crippen MR) is 85.4 cm³/mol. The van der Waals surface area contributed by atoms with Gasteiger partial charge in [0.15, 0.2) is 9.84 Å². The lowest BCUT2D eigenvalue weighted by Crippen LogP contribution is -2.31. The maximum atomic E-state index is 12.1. The lowest BCUT2D eigenvalue weighted by molar-refractivity contribution is 0.229. The smallest absolute Gasteiger partial charge is 0.154 e. The number of rotatable bonds is 7. The summed E-state index contributed by atoms with van der Waals surface area (Å²) in [5.41, 5.74) is 0.828. The molecule has 1 fully saturated rings. The van der Waals surface area contributed by atoms with E-state index >= 15 is 0 Å². The highest BCUT2D eigenvalue weighted by molar-refractivity contribution is 7.90. The van der Waals surface area contributed by atoms with E-state index in [0.29, 0.717) is 0 Å². The van der Waals surface area contributed by atoms with Crippen LogP contribution in [0, 0.1) is 0 Å². The third kappa shape index (κ3) is 5.67. The van der Waals surface area contributed by atoms with Crippen LogP contribution in [0.4, 0.5) is 0 Å². The van der Waals surface area contributed by atoms with Gasteiger partial charge in [0.1, 0.15) is 5.75 Å². The average Bonchev–Trinajstić information content (AvgIpc) is 2.48. The normalized spacial score (nSPS) is 16.8. The lowest BCUT2D eigenvalue weighted by atomic mass is 10.1. The zero-order chi connectivity index (χ0) is 15.1. The first kappa shape index (κ1) is 16.3. The van der Waals surface area contributed by atoms with Crippen LogP contribution >= 0.6 is 0 Å². The van der Waals surface area contributed by atoms with Crippen LogP contribution in [-0.2, 0) is 15.6 Å². The van der Waals surface area contributed by atoms with Crippen LogP contribution in [0.1, 0.15) is 31.2 Å². The zero-order valence-corrected chi connectivity index (χ0v) is 13.6. The van der Waals surface area contributed by atoms with Crippen LogP contribution in [0.25, 0.3) is 0 Å².